The molecule has 2 aromatic rings. The van der Waals surface area contributed by atoms with E-state index < -0.39 is 0 Å². The summed E-state index contributed by atoms with van der Waals surface area (Å²) in [5.41, 5.74) is 2.27. The van der Waals surface area contributed by atoms with Crippen LogP contribution in [0.25, 0.3) is 11.3 Å². The van der Waals surface area contributed by atoms with Crippen LogP contribution in [0.1, 0.15) is 76.1 Å². The molecule has 2 aliphatic rings. The highest BCUT2D eigenvalue weighted by molar-refractivity contribution is 5.58. The smallest absolute Gasteiger partial charge is 0.124 e. The van der Waals surface area contributed by atoms with Crippen molar-refractivity contribution >= 4 is 0 Å². The Kier molecular flexibility index (Phi) is 6.06. The fourth-order valence-electron chi connectivity index (χ4n) is 4.89. The number of rotatable bonds is 6. The van der Waals surface area contributed by atoms with Crippen LogP contribution in [0.3, 0.4) is 0 Å². The molecule has 1 aromatic heterocycles. The van der Waals surface area contributed by atoms with Crippen LogP contribution in [0.5, 0.6) is 0 Å². The lowest BCUT2D eigenvalue weighted by molar-refractivity contribution is 0.242. The highest BCUT2D eigenvalue weighted by atomic mass is 15.0. The van der Waals surface area contributed by atoms with E-state index in [1.54, 1.807) is 0 Å². The Morgan fingerprint density at radius 2 is 1.62 bits per heavy atom. The average Bonchev–Trinajstić information content (AvgIpc) is 3.20. The van der Waals surface area contributed by atoms with Crippen LogP contribution in [0.4, 0.5) is 0 Å². The minimum Gasteiger partial charge on any atom is -0.347 e. The van der Waals surface area contributed by atoms with Gasteiger partial charge in [-0.15, -0.1) is 0 Å². The summed E-state index contributed by atoms with van der Waals surface area (Å²) in [6, 6.07) is 10.9. The van der Waals surface area contributed by atoms with E-state index in [9.17, 15) is 0 Å². The third-order valence-electron chi connectivity index (χ3n) is 6.43. The summed E-state index contributed by atoms with van der Waals surface area (Å²) in [5, 5.41) is 3.95. The fraction of sp³-hybridized carbons (Fsp3) is 0.609. The Balaban J connectivity index is 1.49. The van der Waals surface area contributed by atoms with Crippen LogP contribution in [0.15, 0.2) is 36.5 Å². The van der Waals surface area contributed by atoms with Crippen molar-refractivity contribution in [3.63, 3.8) is 0 Å². The molecule has 3 heteroatoms. The Morgan fingerprint density at radius 1 is 0.923 bits per heavy atom. The zero-order valence-corrected chi connectivity index (χ0v) is 15.9. The van der Waals surface area contributed by atoms with Gasteiger partial charge in [-0.3, -0.25) is 0 Å². The largest absolute Gasteiger partial charge is 0.347 e. The van der Waals surface area contributed by atoms with Crippen molar-refractivity contribution < 1.29 is 0 Å². The molecule has 1 unspecified atom stereocenters. The Labute approximate surface area is 158 Å². The van der Waals surface area contributed by atoms with E-state index in [0.717, 1.165) is 29.9 Å². The molecular weight excluding hydrogens is 318 g/mol. The number of nitrogens with zero attached hydrogens (tertiary/aromatic N) is 1. The molecule has 0 saturated heterocycles. The van der Waals surface area contributed by atoms with Gasteiger partial charge in [0.25, 0.3) is 0 Å². The van der Waals surface area contributed by atoms with Crippen molar-refractivity contribution in [2.45, 2.75) is 70.3 Å². The van der Waals surface area contributed by atoms with Crippen molar-refractivity contribution in [1.82, 2.24) is 15.3 Å². The number of imidazole rings is 1. The van der Waals surface area contributed by atoms with Gasteiger partial charge in [-0.25, -0.2) is 4.98 Å². The maximum absolute atomic E-state index is 5.00. The molecule has 26 heavy (non-hydrogen) atoms. The summed E-state index contributed by atoms with van der Waals surface area (Å²) in [6.45, 7) is 1.16. The summed E-state index contributed by atoms with van der Waals surface area (Å²) < 4.78 is 0. The van der Waals surface area contributed by atoms with Gasteiger partial charge in [-0.05, 0) is 44.1 Å². The molecule has 0 aliphatic heterocycles. The lowest BCUT2D eigenvalue weighted by Crippen LogP contribution is -2.34. The second kappa shape index (κ2) is 8.85. The Bertz CT molecular complexity index is 651. The van der Waals surface area contributed by atoms with Crippen molar-refractivity contribution in [3.05, 3.63) is 42.4 Å². The van der Waals surface area contributed by atoms with E-state index in [1.165, 1.54) is 69.8 Å². The summed E-state index contributed by atoms with van der Waals surface area (Å²) in [6.07, 6.45) is 16.0. The van der Waals surface area contributed by atoms with E-state index in [2.05, 4.69) is 46.8 Å². The first-order chi connectivity index (χ1) is 12.9. The first-order valence-electron chi connectivity index (χ1n) is 10.7. The maximum Gasteiger partial charge on any atom is 0.124 e. The van der Waals surface area contributed by atoms with Crippen LogP contribution < -0.4 is 5.32 Å². The lowest BCUT2D eigenvalue weighted by atomic mass is 9.83. The molecule has 1 atom stereocenters. The summed E-state index contributed by atoms with van der Waals surface area (Å²) in [5.74, 6) is 2.73. The molecule has 2 N–H and O–H groups in total. The predicted octanol–water partition coefficient (Wildman–Crippen LogP) is 5.87. The van der Waals surface area contributed by atoms with Crippen LogP contribution in [-0.4, -0.2) is 16.5 Å². The van der Waals surface area contributed by atoms with Gasteiger partial charge in [0.05, 0.1) is 11.7 Å². The van der Waals surface area contributed by atoms with Crippen molar-refractivity contribution in [2.75, 3.05) is 6.54 Å². The molecule has 0 radical (unpaired) electrons. The highest BCUT2D eigenvalue weighted by Gasteiger charge is 2.28. The second-order valence-electron chi connectivity index (χ2n) is 8.33. The minimum atomic E-state index is 0.384. The standard InChI is InChI=1S/C23H33N3/c1-4-10-18(11-5-1)16-24-22(20-14-8-3-9-15-20)23-25-17-21(26-23)19-12-6-2-7-13-19/h2,6-7,12-13,17-18,20,22,24H,1,3-5,8-11,14-16H2,(H,25,26). The summed E-state index contributed by atoms with van der Waals surface area (Å²) in [4.78, 5) is 8.52. The molecule has 0 bridgehead atoms. The van der Waals surface area contributed by atoms with E-state index in [0.29, 0.717) is 6.04 Å². The van der Waals surface area contributed by atoms with Gasteiger partial charge < -0.3 is 10.3 Å². The zero-order valence-electron chi connectivity index (χ0n) is 15.9. The first kappa shape index (κ1) is 17.8. The number of benzene rings is 1. The topological polar surface area (TPSA) is 40.7 Å². The molecule has 2 fully saturated rings. The molecule has 0 amide bonds. The van der Waals surface area contributed by atoms with Gasteiger partial charge >= 0.3 is 0 Å². The monoisotopic (exact) mass is 351 g/mol. The molecule has 140 valence electrons. The molecule has 1 heterocycles. The summed E-state index contributed by atoms with van der Waals surface area (Å²) in [7, 11) is 0. The zero-order chi connectivity index (χ0) is 17.6. The average molecular weight is 352 g/mol. The normalized spacial score (nSPS) is 20.9. The van der Waals surface area contributed by atoms with E-state index in [-0.39, 0.29) is 0 Å². The van der Waals surface area contributed by atoms with Gasteiger partial charge in [0.1, 0.15) is 5.82 Å². The predicted molar refractivity (Wildman–Crippen MR) is 108 cm³/mol. The van der Waals surface area contributed by atoms with Crippen molar-refractivity contribution in [2.24, 2.45) is 11.8 Å². The highest BCUT2D eigenvalue weighted by Crippen LogP contribution is 2.35. The molecule has 0 spiro atoms. The van der Waals surface area contributed by atoms with E-state index in [4.69, 9.17) is 4.98 Å². The lowest BCUT2D eigenvalue weighted by Gasteiger charge is -2.32. The molecular formula is C23H33N3. The fourth-order valence-corrected chi connectivity index (χ4v) is 4.89. The van der Waals surface area contributed by atoms with Gasteiger partial charge in [0.2, 0.25) is 0 Å². The van der Waals surface area contributed by atoms with Gasteiger partial charge in [-0.2, -0.15) is 0 Å². The van der Waals surface area contributed by atoms with Gasteiger partial charge in [-0.1, -0.05) is 68.9 Å². The molecule has 4 rings (SSSR count). The Hall–Kier alpha value is -1.61. The number of hydrogen-bond donors (Lipinski definition) is 2. The van der Waals surface area contributed by atoms with Crippen molar-refractivity contribution in [3.8, 4) is 11.3 Å². The van der Waals surface area contributed by atoms with Crippen LogP contribution in [0, 0.1) is 11.8 Å². The third-order valence-corrected chi connectivity index (χ3v) is 6.43. The third kappa shape index (κ3) is 4.37. The first-order valence-corrected chi connectivity index (χ1v) is 10.7. The number of hydrogen-bond acceptors (Lipinski definition) is 2. The molecule has 1 aromatic carbocycles. The molecule has 2 aliphatic carbocycles. The number of nitrogens with one attached hydrogen (secondary N) is 2. The van der Waals surface area contributed by atoms with Gasteiger partial charge in [0, 0.05) is 11.8 Å². The summed E-state index contributed by atoms with van der Waals surface area (Å²) >= 11 is 0. The number of H-pyrrole nitrogens is 1. The SMILES string of the molecule is c1ccc(-c2c[nH]c(C(NCC3CCCCC3)C3CCCCC3)n2)cc1. The van der Waals surface area contributed by atoms with E-state index >= 15 is 0 Å². The van der Waals surface area contributed by atoms with Crippen LogP contribution >= 0.6 is 0 Å². The minimum absolute atomic E-state index is 0.384. The van der Waals surface area contributed by atoms with Crippen molar-refractivity contribution in [1.29, 1.82) is 0 Å². The number of aromatic amines is 1. The number of aromatic nitrogens is 2. The van der Waals surface area contributed by atoms with Gasteiger partial charge in [0.15, 0.2) is 0 Å². The Morgan fingerprint density at radius 3 is 2.35 bits per heavy atom. The quantitative estimate of drug-likeness (QED) is 0.683. The molecule has 3 nitrogen and oxygen atoms in total. The molecule has 2 saturated carbocycles. The van der Waals surface area contributed by atoms with Crippen LogP contribution in [0.2, 0.25) is 0 Å². The maximum atomic E-state index is 5.00. The van der Waals surface area contributed by atoms with E-state index in [1.807, 2.05) is 0 Å². The second-order valence-corrected chi connectivity index (χ2v) is 8.33. The van der Waals surface area contributed by atoms with Crippen LogP contribution in [-0.2, 0) is 0 Å².